The van der Waals surface area contributed by atoms with Crippen molar-refractivity contribution >= 4 is 21.6 Å². The van der Waals surface area contributed by atoms with Crippen molar-refractivity contribution in [2.75, 3.05) is 18.7 Å². The lowest BCUT2D eigenvalue weighted by Crippen LogP contribution is -2.49. The van der Waals surface area contributed by atoms with Crippen molar-refractivity contribution in [2.24, 2.45) is 0 Å². The number of rotatable bonds is 4. The maximum absolute atomic E-state index is 13.1. The van der Waals surface area contributed by atoms with Crippen LogP contribution in [-0.4, -0.2) is 38.0 Å². The predicted octanol–water partition coefficient (Wildman–Crippen LogP) is 2.91. The Morgan fingerprint density at radius 3 is 2.61 bits per heavy atom. The lowest BCUT2D eigenvalue weighted by Gasteiger charge is -2.33. The number of hydrogen-bond donors (Lipinski definition) is 1. The van der Waals surface area contributed by atoms with Crippen molar-refractivity contribution in [1.29, 1.82) is 0 Å². The standard InChI is InChI=1S/C20H22N2O5S/c1-14-5-8-16(9-6-14)28(24,25)22-11-3-2-4-17(22)20(23)21-15-7-10-18-19(12-15)27-13-26-18/h5-10,12,17H,2-4,11,13H2,1H3,(H,21,23)/t17-/m1/s1. The number of benzene rings is 2. The third-order valence-corrected chi connectivity index (χ3v) is 6.95. The molecule has 7 nitrogen and oxygen atoms in total. The van der Waals surface area contributed by atoms with Crippen molar-refractivity contribution in [1.82, 2.24) is 4.31 Å². The quantitative estimate of drug-likeness (QED) is 0.850. The summed E-state index contributed by atoms with van der Waals surface area (Å²) in [6.07, 6.45) is 2.03. The van der Waals surface area contributed by atoms with Gasteiger partial charge in [0.15, 0.2) is 11.5 Å². The van der Waals surface area contributed by atoms with Gasteiger partial charge in [-0.25, -0.2) is 8.42 Å². The second-order valence-corrected chi connectivity index (χ2v) is 8.89. The molecule has 0 aromatic heterocycles. The van der Waals surface area contributed by atoms with Crippen LogP contribution < -0.4 is 14.8 Å². The summed E-state index contributed by atoms with van der Waals surface area (Å²) in [4.78, 5) is 13.1. The summed E-state index contributed by atoms with van der Waals surface area (Å²) in [6, 6.07) is 11.1. The zero-order chi connectivity index (χ0) is 19.7. The summed E-state index contributed by atoms with van der Waals surface area (Å²) in [6.45, 7) is 2.38. The minimum atomic E-state index is -3.75. The number of fused-ring (bicyclic) bond motifs is 1. The molecule has 1 fully saturated rings. The van der Waals surface area contributed by atoms with Gasteiger partial charge >= 0.3 is 0 Å². The molecule has 0 spiro atoms. The van der Waals surface area contributed by atoms with Gasteiger partial charge in [0.25, 0.3) is 0 Å². The lowest BCUT2D eigenvalue weighted by molar-refractivity contribution is -0.120. The Morgan fingerprint density at radius 2 is 1.82 bits per heavy atom. The van der Waals surface area contributed by atoms with Crippen LogP contribution in [-0.2, 0) is 14.8 Å². The topological polar surface area (TPSA) is 84.9 Å². The largest absolute Gasteiger partial charge is 0.454 e. The maximum Gasteiger partial charge on any atom is 0.243 e. The van der Waals surface area contributed by atoms with E-state index in [1.807, 2.05) is 6.92 Å². The number of sulfonamides is 1. The number of anilines is 1. The summed E-state index contributed by atoms with van der Waals surface area (Å²) in [7, 11) is -3.75. The number of aryl methyl sites for hydroxylation is 1. The van der Waals surface area contributed by atoms with Gasteiger partial charge in [0.05, 0.1) is 4.90 Å². The molecular formula is C20H22N2O5S. The minimum Gasteiger partial charge on any atom is -0.454 e. The average Bonchev–Trinajstić information content (AvgIpc) is 3.16. The molecule has 8 heteroatoms. The fourth-order valence-electron chi connectivity index (χ4n) is 3.50. The molecule has 0 radical (unpaired) electrons. The third kappa shape index (κ3) is 3.57. The minimum absolute atomic E-state index is 0.151. The molecule has 0 saturated carbocycles. The molecule has 1 N–H and O–H groups in total. The summed E-state index contributed by atoms with van der Waals surface area (Å²) in [5.74, 6) is 0.846. The molecule has 148 valence electrons. The number of nitrogens with zero attached hydrogens (tertiary/aromatic N) is 1. The molecule has 1 atom stereocenters. The number of piperidine rings is 1. The SMILES string of the molecule is Cc1ccc(S(=O)(=O)N2CCCC[C@@H]2C(=O)Nc2ccc3c(c2)OCO3)cc1. The van der Waals surface area contributed by atoms with Gasteiger partial charge in [0.1, 0.15) is 6.04 Å². The van der Waals surface area contributed by atoms with Crippen molar-refractivity contribution in [3.63, 3.8) is 0 Å². The molecule has 4 rings (SSSR count). The summed E-state index contributed by atoms with van der Waals surface area (Å²) in [5.41, 5.74) is 1.53. The number of carbonyl (C=O) groups is 1. The van der Waals surface area contributed by atoms with Gasteiger partial charge in [-0.3, -0.25) is 4.79 Å². The number of carbonyl (C=O) groups excluding carboxylic acids is 1. The molecule has 0 unspecified atom stereocenters. The smallest absolute Gasteiger partial charge is 0.243 e. The average molecular weight is 402 g/mol. The van der Waals surface area contributed by atoms with Crippen LogP contribution >= 0.6 is 0 Å². The van der Waals surface area contributed by atoms with Gasteiger partial charge in [0, 0.05) is 18.3 Å². The number of amides is 1. The van der Waals surface area contributed by atoms with Crippen molar-refractivity contribution in [3.05, 3.63) is 48.0 Å². The van der Waals surface area contributed by atoms with Gasteiger partial charge in [-0.05, 0) is 44.0 Å². The van der Waals surface area contributed by atoms with Crippen molar-refractivity contribution < 1.29 is 22.7 Å². The first-order valence-electron chi connectivity index (χ1n) is 9.24. The Labute approximate surface area is 164 Å². The van der Waals surface area contributed by atoms with Crippen molar-refractivity contribution in [2.45, 2.75) is 37.1 Å². The Kier molecular flexibility index (Phi) is 4.99. The van der Waals surface area contributed by atoms with E-state index in [9.17, 15) is 13.2 Å². The Balaban J connectivity index is 1.56. The molecule has 28 heavy (non-hydrogen) atoms. The highest BCUT2D eigenvalue weighted by atomic mass is 32.2. The van der Waals surface area contributed by atoms with E-state index < -0.39 is 16.1 Å². The molecule has 2 aliphatic rings. The molecule has 0 bridgehead atoms. The summed E-state index contributed by atoms with van der Waals surface area (Å²) < 4.78 is 38.2. The highest BCUT2D eigenvalue weighted by Gasteiger charge is 2.37. The van der Waals surface area contributed by atoms with Crippen molar-refractivity contribution in [3.8, 4) is 11.5 Å². The first-order chi connectivity index (χ1) is 13.4. The van der Waals surface area contributed by atoms with E-state index in [1.165, 1.54) is 4.31 Å². The van der Waals surface area contributed by atoms with Gasteiger partial charge in [-0.15, -0.1) is 0 Å². The summed E-state index contributed by atoms with van der Waals surface area (Å²) in [5, 5.41) is 2.82. The fourth-order valence-corrected chi connectivity index (χ4v) is 5.16. The Hall–Kier alpha value is -2.58. The molecule has 2 aromatic rings. The van der Waals surface area contributed by atoms with Crippen LogP contribution in [0.15, 0.2) is 47.4 Å². The molecule has 0 aliphatic carbocycles. The Morgan fingerprint density at radius 1 is 1.07 bits per heavy atom. The van der Waals surface area contributed by atoms with Crippen LogP contribution in [0.25, 0.3) is 0 Å². The predicted molar refractivity (Wildman–Crippen MR) is 104 cm³/mol. The molecule has 2 aromatic carbocycles. The first kappa shape index (κ1) is 18.8. The van der Waals surface area contributed by atoms with E-state index in [2.05, 4.69) is 5.32 Å². The van der Waals surface area contributed by atoms with Crippen LogP contribution in [0.5, 0.6) is 11.5 Å². The van der Waals surface area contributed by atoms with Gasteiger partial charge in [0.2, 0.25) is 22.7 Å². The Bertz CT molecular complexity index is 988. The van der Waals surface area contributed by atoms with Gasteiger partial charge in [-0.1, -0.05) is 24.1 Å². The van der Waals surface area contributed by atoms with Gasteiger partial charge in [-0.2, -0.15) is 4.31 Å². The maximum atomic E-state index is 13.1. The van der Waals surface area contributed by atoms with Gasteiger partial charge < -0.3 is 14.8 Å². The highest BCUT2D eigenvalue weighted by molar-refractivity contribution is 7.89. The van der Waals surface area contributed by atoms with Crippen LogP contribution in [0.2, 0.25) is 0 Å². The van der Waals surface area contributed by atoms with Crippen LogP contribution in [0.1, 0.15) is 24.8 Å². The third-order valence-electron chi connectivity index (χ3n) is 5.02. The monoisotopic (exact) mass is 402 g/mol. The molecule has 1 amide bonds. The highest BCUT2D eigenvalue weighted by Crippen LogP contribution is 2.34. The zero-order valence-electron chi connectivity index (χ0n) is 15.6. The molecular weight excluding hydrogens is 380 g/mol. The van der Waals surface area contributed by atoms with E-state index in [4.69, 9.17) is 9.47 Å². The fraction of sp³-hybridized carbons (Fsp3) is 0.350. The first-order valence-corrected chi connectivity index (χ1v) is 10.7. The van der Waals surface area contributed by atoms with E-state index >= 15 is 0 Å². The molecule has 1 saturated heterocycles. The zero-order valence-corrected chi connectivity index (χ0v) is 16.4. The van der Waals surface area contributed by atoms with Crippen LogP contribution in [0.4, 0.5) is 5.69 Å². The second kappa shape index (κ2) is 7.44. The van der Waals surface area contributed by atoms with Crippen LogP contribution in [0.3, 0.4) is 0 Å². The second-order valence-electron chi connectivity index (χ2n) is 7.00. The van der Waals surface area contributed by atoms with Crippen LogP contribution in [0, 0.1) is 6.92 Å². The molecule has 2 aliphatic heterocycles. The normalized spacial score (nSPS) is 19.4. The number of hydrogen-bond acceptors (Lipinski definition) is 5. The lowest BCUT2D eigenvalue weighted by atomic mass is 10.0. The summed E-state index contributed by atoms with van der Waals surface area (Å²) >= 11 is 0. The van der Waals surface area contributed by atoms with E-state index in [0.717, 1.165) is 18.4 Å². The number of ether oxygens (including phenoxy) is 2. The van der Waals surface area contributed by atoms with E-state index in [-0.39, 0.29) is 17.6 Å². The van der Waals surface area contributed by atoms with E-state index in [0.29, 0.717) is 30.2 Å². The molecule has 2 heterocycles. The number of nitrogens with one attached hydrogen (secondary N) is 1. The van der Waals surface area contributed by atoms with E-state index in [1.54, 1.807) is 42.5 Å².